The van der Waals surface area contributed by atoms with Crippen LogP contribution in [0.3, 0.4) is 0 Å². The standard InChI is InChI=1S/C7H8BrNO/c1-2-10-6-3-4-9-7(8)5-6/h3-5H,2H2,1H3/i1D3,2D2,3D,4D,5D. The van der Waals surface area contributed by atoms with Crippen LogP contribution in [0.1, 0.15) is 17.8 Å². The molecule has 54 valence electrons. The molecule has 1 aromatic heterocycles. The van der Waals surface area contributed by atoms with Gasteiger partial charge < -0.3 is 4.74 Å². The highest BCUT2D eigenvalue weighted by molar-refractivity contribution is 9.10. The molecule has 0 amide bonds. The molecule has 0 aliphatic rings. The molecule has 0 N–H and O–H groups in total. The first-order valence-corrected chi connectivity index (χ1v) is 3.09. The number of pyridine rings is 1. The first-order valence-electron chi connectivity index (χ1n) is 6.29. The molecule has 1 rings (SSSR count). The van der Waals surface area contributed by atoms with Crippen molar-refractivity contribution in [3.05, 3.63) is 22.9 Å². The van der Waals surface area contributed by atoms with Crippen molar-refractivity contribution in [3.8, 4) is 5.75 Å². The fourth-order valence-corrected chi connectivity index (χ4v) is 0.651. The molecule has 0 bridgehead atoms. The van der Waals surface area contributed by atoms with Crippen molar-refractivity contribution in [2.75, 3.05) is 6.56 Å². The number of aromatic nitrogens is 1. The molecule has 0 aromatic carbocycles. The summed E-state index contributed by atoms with van der Waals surface area (Å²) < 4.78 is 62.2. The minimum atomic E-state index is -3.08. The molecule has 2 nitrogen and oxygen atoms in total. The van der Waals surface area contributed by atoms with Gasteiger partial charge in [0.2, 0.25) is 0 Å². The number of nitrogens with zero attached hydrogens (tertiary/aromatic N) is 1. The van der Waals surface area contributed by atoms with Crippen LogP contribution in [-0.2, 0) is 0 Å². The van der Waals surface area contributed by atoms with Gasteiger partial charge >= 0.3 is 0 Å². The Balaban J connectivity index is 3.28. The monoisotopic (exact) mass is 209 g/mol. The molecule has 3 heteroatoms. The molecule has 0 fully saturated rings. The van der Waals surface area contributed by atoms with Crippen LogP contribution in [0, 0.1) is 0 Å². The highest BCUT2D eigenvalue weighted by Gasteiger charge is 1.91. The zero-order chi connectivity index (χ0) is 14.3. The Hall–Kier alpha value is -0.570. The Morgan fingerprint density at radius 2 is 3.00 bits per heavy atom. The number of hydrogen-bond acceptors (Lipinski definition) is 2. The minimum absolute atomic E-state index is 0.125. The Bertz CT molecular complexity index is 447. The fraction of sp³-hybridized carbons (Fsp3) is 0.286. The zero-order valence-electron chi connectivity index (χ0n) is 12.7. The second-order valence-electron chi connectivity index (χ2n) is 1.30. The number of ether oxygens (including phenoxy) is 1. The molecule has 0 atom stereocenters. The number of rotatable bonds is 2. The van der Waals surface area contributed by atoms with Gasteiger partial charge in [0.05, 0.1) is 13.4 Å². The number of halogens is 1. The van der Waals surface area contributed by atoms with E-state index in [4.69, 9.17) is 11.0 Å². The van der Waals surface area contributed by atoms with Gasteiger partial charge in [-0.3, -0.25) is 0 Å². The van der Waals surface area contributed by atoms with Crippen molar-refractivity contribution >= 4 is 15.9 Å². The van der Waals surface area contributed by atoms with Crippen LogP contribution in [-0.4, -0.2) is 11.5 Å². The average molecular weight is 210 g/mol. The van der Waals surface area contributed by atoms with Crippen molar-refractivity contribution in [2.45, 2.75) is 6.85 Å². The molecule has 0 saturated carbocycles. The largest absolute Gasteiger partial charge is 0.494 e. The first-order chi connectivity index (χ1) is 7.97. The van der Waals surface area contributed by atoms with E-state index in [1.807, 2.05) is 0 Å². The number of hydrogen-bond donors (Lipinski definition) is 0. The molecule has 0 radical (unpaired) electrons. The smallest absolute Gasteiger partial charge is 0.123 e. The van der Waals surface area contributed by atoms with Crippen LogP contribution in [0.4, 0.5) is 0 Å². The SMILES string of the molecule is [2H]c1nc(Br)c([2H])c(OC([2H])([2H])C([2H])([2H])[2H])c1[2H]. The Morgan fingerprint density at radius 1 is 2.10 bits per heavy atom. The van der Waals surface area contributed by atoms with Crippen LogP contribution in [0.25, 0.3) is 0 Å². The van der Waals surface area contributed by atoms with Crippen molar-refractivity contribution in [1.29, 1.82) is 0 Å². The molecule has 0 aliphatic heterocycles. The molecule has 1 aromatic rings. The van der Waals surface area contributed by atoms with E-state index in [-0.39, 0.29) is 4.60 Å². The maximum Gasteiger partial charge on any atom is 0.123 e. The zero-order valence-corrected chi connectivity index (χ0v) is 6.32. The summed E-state index contributed by atoms with van der Waals surface area (Å²) in [4.78, 5) is 3.49. The van der Waals surface area contributed by atoms with Gasteiger partial charge in [0.1, 0.15) is 10.4 Å². The molecule has 0 saturated heterocycles. The highest BCUT2D eigenvalue weighted by atomic mass is 79.9. The second kappa shape index (κ2) is 3.56. The molecule has 0 spiro atoms. The van der Waals surface area contributed by atoms with E-state index in [9.17, 15) is 0 Å². The summed E-state index contributed by atoms with van der Waals surface area (Å²) in [6, 6.07) is -1.12. The topological polar surface area (TPSA) is 22.1 Å². The molecule has 10 heavy (non-hydrogen) atoms. The van der Waals surface area contributed by atoms with Gasteiger partial charge in [-0.2, -0.15) is 0 Å². The fourth-order valence-electron chi connectivity index (χ4n) is 0.383. The van der Waals surface area contributed by atoms with Gasteiger partial charge in [0.15, 0.2) is 0 Å². The maximum atomic E-state index is 7.53. The average Bonchev–Trinajstić information content (AvgIpc) is 2.20. The third-order valence-corrected chi connectivity index (χ3v) is 1.07. The summed E-state index contributed by atoms with van der Waals surface area (Å²) in [5.74, 6) is -0.636. The van der Waals surface area contributed by atoms with Crippen LogP contribution in [0.2, 0.25) is 0 Å². The summed E-state index contributed by atoms with van der Waals surface area (Å²) in [7, 11) is 0. The van der Waals surface area contributed by atoms with Gasteiger partial charge in [-0.1, -0.05) is 0 Å². The predicted molar refractivity (Wildman–Crippen MR) is 43.1 cm³/mol. The Labute approximate surface area is 79.6 Å². The van der Waals surface area contributed by atoms with Gasteiger partial charge in [0.25, 0.3) is 0 Å². The van der Waals surface area contributed by atoms with Crippen LogP contribution in [0.5, 0.6) is 5.75 Å². The van der Waals surface area contributed by atoms with E-state index < -0.39 is 37.4 Å². The van der Waals surface area contributed by atoms with E-state index in [0.717, 1.165) is 0 Å². The van der Waals surface area contributed by atoms with Crippen LogP contribution >= 0.6 is 15.9 Å². The lowest BCUT2D eigenvalue weighted by Crippen LogP contribution is -1.90. The lowest BCUT2D eigenvalue weighted by molar-refractivity contribution is 0.339. The normalized spacial score (nSPS) is 23.7. The highest BCUT2D eigenvalue weighted by Crippen LogP contribution is 2.14. The Morgan fingerprint density at radius 3 is 3.80 bits per heavy atom. The second-order valence-corrected chi connectivity index (χ2v) is 2.05. The van der Waals surface area contributed by atoms with Gasteiger partial charge in [-0.25, -0.2) is 4.98 Å². The molecular formula is C7H8BrNO. The van der Waals surface area contributed by atoms with E-state index in [2.05, 4.69) is 25.7 Å². The summed E-state index contributed by atoms with van der Waals surface area (Å²) in [6.45, 7) is -6.14. The van der Waals surface area contributed by atoms with Gasteiger partial charge in [0, 0.05) is 16.3 Å². The predicted octanol–water partition coefficient (Wildman–Crippen LogP) is 2.24. The third-order valence-electron chi connectivity index (χ3n) is 0.693. The Kier molecular flexibility index (Phi) is 0.786. The van der Waals surface area contributed by atoms with E-state index >= 15 is 0 Å². The van der Waals surface area contributed by atoms with Crippen molar-refractivity contribution < 1.29 is 15.7 Å². The van der Waals surface area contributed by atoms with Gasteiger partial charge in [-0.15, -0.1) is 0 Å². The third kappa shape index (κ3) is 1.99. The lowest BCUT2D eigenvalue weighted by Gasteiger charge is -2.00. The van der Waals surface area contributed by atoms with Crippen molar-refractivity contribution in [1.82, 2.24) is 4.98 Å². The lowest BCUT2D eigenvalue weighted by atomic mass is 10.5. The first kappa shape index (κ1) is 2.21. The van der Waals surface area contributed by atoms with E-state index in [1.165, 1.54) is 0 Å². The summed E-state index contributed by atoms with van der Waals surface area (Å²) in [5, 5.41) is 0. The van der Waals surface area contributed by atoms with Crippen LogP contribution in [0.15, 0.2) is 22.9 Å². The maximum absolute atomic E-state index is 7.53. The van der Waals surface area contributed by atoms with Crippen LogP contribution < -0.4 is 4.74 Å². The van der Waals surface area contributed by atoms with E-state index in [1.54, 1.807) is 0 Å². The minimum Gasteiger partial charge on any atom is -0.494 e. The summed E-state index contributed by atoms with van der Waals surface area (Å²) >= 11 is 2.84. The summed E-state index contributed by atoms with van der Waals surface area (Å²) in [6.07, 6.45) is -0.547. The quantitative estimate of drug-likeness (QED) is 0.698. The van der Waals surface area contributed by atoms with E-state index in [0.29, 0.717) is 0 Å². The van der Waals surface area contributed by atoms with Crippen molar-refractivity contribution in [2.24, 2.45) is 0 Å². The summed E-state index contributed by atoms with van der Waals surface area (Å²) in [5.41, 5.74) is 0. The molecular weight excluding hydrogens is 194 g/mol. The van der Waals surface area contributed by atoms with Gasteiger partial charge in [-0.05, 0) is 28.8 Å². The molecule has 0 unspecified atom stereocenters. The molecule has 1 heterocycles. The van der Waals surface area contributed by atoms with Crippen molar-refractivity contribution in [3.63, 3.8) is 0 Å². The molecule has 0 aliphatic carbocycles.